The van der Waals surface area contributed by atoms with E-state index in [1.165, 1.54) is 81.2 Å². The molecule has 174 valence electrons. The van der Waals surface area contributed by atoms with Crippen molar-refractivity contribution in [1.82, 2.24) is 4.90 Å². The zero-order valence-corrected chi connectivity index (χ0v) is 20.2. The molecule has 4 unspecified atom stereocenters. The highest BCUT2D eigenvalue weighted by Crippen LogP contribution is 2.55. The fourth-order valence-corrected chi connectivity index (χ4v) is 8.59. The summed E-state index contributed by atoms with van der Waals surface area (Å²) in [6.07, 6.45) is 14.1. The Hall–Kier alpha value is -1.55. The summed E-state index contributed by atoms with van der Waals surface area (Å²) in [4.78, 5) is 9.16. The highest BCUT2D eigenvalue weighted by Gasteiger charge is 2.52. The number of nitrogens with zero attached hydrogens (tertiary/aromatic N) is 2. The highest BCUT2D eigenvalue weighted by molar-refractivity contribution is 5.86. The number of benzene rings is 1. The molecule has 6 aliphatic rings. The van der Waals surface area contributed by atoms with Gasteiger partial charge >= 0.3 is 0 Å². The van der Waals surface area contributed by atoms with Gasteiger partial charge in [-0.1, -0.05) is 30.1 Å². The molecule has 1 saturated heterocycles. The van der Waals surface area contributed by atoms with E-state index in [2.05, 4.69) is 37.1 Å². The molecule has 0 N–H and O–H groups in total. The van der Waals surface area contributed by atoms with Crippen LogP contribution in [-0.2, 0) is 10.3 Å². The average Bonchev–Trinajstić information content (AvgIpc) is 2.98. The Morgan fingerprint density at radius 3 is 2.50 bits per heavy atom. The Bertz CT molecular complexity index is 895. The van der Waals surface area contributed by atoms with Gasteiger partial charge in [-0.05, 0) is 107 Å². The Kier molecular flexibility index (Phi) is 5.09. The first-order chi connectivity index (χ1) is 15.5. The van der Waals surface area contributed by atoms with Crippen molar-refractivity contribution in [2.75, 3.05) is 20.7 Å². The third kappa shape index (κ3) is 3.40. The number of fused-ring (bicyclic) bond motifs is 2. The maximum absolute atomic E-state index is 6.59. The first-order valence-corrected chi connectivity index (χ1v) is 13.1. The number of methoxy groups -OCH3 is 1. The second-order valence-corrected chi connectivity index (χ2v) is 12.0. The molecule has 4 nitrogen and oxygen atoms in total. The van der Waals surface area contributed by atoms with Crippen molar-refractivity contribution in [3.8, 4) is 5.75 Å². The summed E-state index contributed by atoms with van der Waals surface area (Å²) < 4.78 is 5.53. The minimum atomic E-state index is 0.0587. The van der Waals surface area contributed by atoms with Gasteiger partial charge in [-0.2, -0.15) is 0 Å². The van der Waals surface area contributed by atoms with Crippen molar-refractivity contribution < 1.29 is 9.57 Å². The molecule has 1 heterocycles. The lowest BCUT2D eigenvalue weighted by atomic mass is 9.65. The van der Waals surface area contributed by atoms with Crippen molar-refractivity contribution in [2.45, 2.75) is 94.6 Å². The van der Waals surface area contributed by atoms with Crippen molar-refractivity contribution >= 4 is 5.71 Å². The van der Waals surface area contributed by atoms with E-state index < -0.39 is 0 Å². The highest BCUT2D eigenvalue weighted by atomic mass is 16.6. The molecule has 5 saturated carbocycles. The lowest BCUT2D eigenvalue weighted by Gasteiger charge is -2.46. The molecule has 32 heavy (non-hydrogen) atoms. The predicted molar refractivity (Wildman–Crippen MR) is 128 cm³/mol. The van der Waals surface area contributed by atoms with Crippen LogP contribution in [0.1, 0.15) is 81.8 Å². The molecule has 4 bridgehead atoms. The minimum Gasteiger partial charge on any atom is -0.496 e. The summed E-state index contributed by atoms with van der Waals surface area (Å²) >= 11 is 0. The van der Waals surface area contributed by atoms with E-state index in [0.717, 1.165) is 36.3 Å². The van der Waals surface area contributed by atoms with Gasteiger partial charge in [0.15, 0.2) is 0 Å². The van der Waals surface area contributed by atoms with Crippen molar-refractivity contribution in [3.05, 3.63) is 29.3 Å². The van der Waals surface area contributed by atoms with Crippen LogP contribution in [0.5, 0.6) is 5.75 Å². The van der Waals surface area contributed by atoms with Crippen molar-refractivity contribution in [2.24, 2.45) is 22.9 Å². The number of hydrogen-bond acceptors (Lipinski definition) is 4. The Balaban J connectivity index is 1.22. The number of hydrogen-bond donors (Lipinski definition) is 0. The maximum Gasteiger partial charge on any atom is 0.138 e. The number of aryl methyl sites for hydroxylation is 1. The number of likely N-dealkylation sites (N-methyl/N-ethyl adjacent to an activating group) is 1. The van der Waals surface area contributed by atoms with Crippen molar-refractivity contribution in [3.63, 3.8) is 0 Å². The van der Waals surface area contributed by atoms with Gasteiger partial charge in [-0.15, -0.1) is 0 Å². The Morgan fingerprint density at radius 2 is 1.78 bits per heavy atom. The van der Waals surface area contributed by atoms with Gasteiger partial charge in [-0.3, -0.25) is 0 Å². The van der Waals surface area contributed by atoms with Gasteiger partial charge in [0, 0.05) is 17.9 Å². The topological polar surface area (TPSA) is 34.1 Å². The van der Waals surface area contributed by atoms with Crippen LogP contribution in [0, 0.1) is 24.7 Å². The van der Waals surface area contributed by atoms with E-state index in [1.54, 1.807) is 7.11 Å². The van der Waals surface area contributed by atoms with Crippen molar-refractivity contribution in [1.29, 1.82) is 0 Å². The lowest BCUT2D eigenvalue weighted by molar-refractivity contribution is -0.122. The molecule has 6 fully saturated rings. The quantitative estimate of drug-likeness (QED) is 0.554. The zero-order chi connectivity index (χ0) is 21.9. The van der Waals surface area contributed by atoms with E-state index in [9.17, 15) is 0 Å². The minimum absolute atomic E-state index is 0.0587. The molecule has 1 aliphatic heterocycles. The summed E-state index contributed by atoms with van der Waals surface area (Å²) in [5.74, 6) is 3.67. The molecule has 0 amide bonds. The standard InChI is InChI=1S/C28H40N2O2/c1-19-12-23(6-7-25(19)31-3)28-9-8-24(15-26(28)30(2)11-10-28)29-32-27-16-20-4-5-21(17-27)14-22(13-20)18-27/h6-7,12,20-22,26H,4-5,8-11,13-18H2,1-3H3/b29-24-. The first kappa shape index (κ1) is 21.0. The van der Waals surface area contributed by atoms with Crippen LogP contribution in [0.2, 0.25) is 0 Å². The van der Waals surface area contributed by atoms with Crippen LogP contribution in [0.3, 0.4) is 0 Å². The molecular formula is C28H40N2O2. The molecular weight excluding hydrogens is 396 g/mol. The SMILES string of the molecule is COc1ccc(C23CC/C(=N/OC45CC6CCC(CC(C6)C4)C5)CC2N(C)CC3)cc1C. The molecule has 0 aromatic heterocycles. The second kappa shape index (κ2) is 7.75. The summed E-state index contributed by atoms with van der Waals surface area (Å²) in [5, 5.41) is 4.95. The van der Waals surface area contributed by atoms with Gasteiger partial charge in [0.05, 0.1) is 12.8 Å². The zero-order valence-electron chi connectivity index (χ0n) is 20.2. The number of oxime groups is 1. The van der Waals surface area contributed by atoms with Crippen LogP contribution < -0.4 is 4.74 Å². The lowest BCUT2D eigenvalue weighted by Crippen LogP contribution is -2.47. The van der Waals surface area contributed by atoms with Gasteiger partial charge in [0.25, 0.3) is 0 Å². The van der Waals surface area contributed by atoms with E-state index in [0.29, 0.717) is 6.04 Å². The predicted octanol–water partition coefficient (Wildman–Crippen LogP) is 5.86. The molecule has 4 atom stereocenters. The van der Waals surface area contributed by atoms with E-state index in [-0.39, 0.29) is 11.0 Å². The van der Waals surface area contributed by atoms with Gasteiger partial charge < -0.3 is 14.5 Å². The smallest absolute Gasteiger partial charge is 0.138 e. The number of ether oxygens (including phenoxy) is 1. The molecule has 7 rings (SSSR count). The Labute approximate surface area is 193 Å². The molecule has 0 radical (unpaired) electrons. The summed E-state index contributed by atoms with van der Waals surface area (Å²) in [6, 6.07) is 7.38. The van der Waals surface area contributed by atoms with E-state index in [4.69, 9.17) is 14.7 Å². The van der Waals surface area contributed by atoms with E-state index in [1.807, 2.05) is 0 Å². The summed E-state index contributed by atoms with van der Waals surface area (Å²) in [7, 11) is 4.07. The first-order valence-electron chi connectivity index (χ1n) is 13.1. The van der Waals surface area contributed by atoms with Crippen LogP contribution in [0.25, 0.3) is 0 Å². The third-order valence-corrected chi connectivity index (χ3v) is 10.0. The summed E-state index contributed by atoms with van der Waals surface area (Å²) in [5.41, 5.74) is 4.33. The fraction of sp³-hybridized carbons (Fsp3) is 0.750. The van der Waals surface area contributed by atoms with Gasteiger partial charge in [-0.25, -0.2) is 0 Å². The molecule has 1 aromatic rings. The van der Waals surface area contributed by atoms with Crippen LogP contribution >= 0.6 is 0 Å². The van der Waals surface area contributed by atoms with Crippen LogP contribution in [0.15, 0.2) is 23.4 Å². The monoisotopic (exact) mass is 436 g/mol. The molecule has 0 spiro atoms. The van der Waals surface area contributed by atoms with E-state index >= 15 is 0 Å². The van der Waals surface area contributed by atoms with Gasteiger partial charge in [0.2, 0.25) is 0 Å². The molecule has 4 heteroatoms. The van der Waals surface area contributed by atoms with Crippen LogP contribution in [0.4, 0.5) is 0 Å². The normalized spacial score (nSPS) is 42.2. The average molecular weight is 437 g/mol. The largest absolute Gasteiger partial charge is 0.496 e. The molecule has 1 aromatic carbocycles. The second-order valence-electron chi connectivity index (χ2n) is 12.0. The van der Waals surface area contributed by atoms with Gasteiger partial charge in [0.1, 0.15) is 11.4 Å². The number of likely N-dealkylation sites (tertiary alicyclic amines) is 1. The van der Waals surface area contributed by atoms with Crippen LogP contribution in [-0.4, -0.2) is 43.0 Å². The maximum atomic E-state index is 6.59. The fourth-order valence-electron chi connectivity index (χ4n) is 8.59. The summed E-state index contributed by atoms with van der Waals surface area (Å²) in [6.45, 7) is 3.34. The molecule has 5 aliphatic carbocycles. The Morgan fingerprint density at radius 1 is 1.03 bits per heavy atom. The number of rotatable bonds is 4. The third-order valence-electron chi connectivity index (χ3n) is 10.0.